The molecule has 0 bridgehead atoms. The van der Waals surface area contributed by atoms with Gasteiger partial charge in [-0.15, -0.1) is 0 Å². The molecule has 0 spiro atoms. The Kier molecular flexibility index (Phi) is 4.74. The number of benzene rings is 2. The van der Waals surface area contributed by atoms with Gasteiger partial charge in [-0.1, -0.05) is 53.7 Å². The third-order valence-corrected chi connectivity index (χ3v) is 3.08. The summed E-state index contributed by atoms with van der Waals surface area (Å²) in [5.74, 6) is 0.137. The van der Waals surface area contributed by atoms with Crippen molar-refractivity contribution in [3.05, 3.63) is 71.3 Å². The van der Waals surface area contributed by atoms with E-state index in [0.29, 0.717) is 0 Å². The van der Waals surface area contributed by atoms with Crippen LogP contribution in [0.5, 0.6) is 0 Å². The van der Waals surface area contributed by atoms with Crippen molar-refractivity contribution >= 4 is 5.84 Å². The van der Waals surface area contributed by atoms with Gasteiger partial charge in [-0.2, -0.15) is 0 Å². The molecule has 4 nitrogen and oxygen atoms in total. The summed E-state index contributed by atoms with van der Waals surface area (Å²) in [5.41, 5.74) is 8.75. The summed E-state index contributed by atoms with van der Waals surface area (Å²) in [6.07, 6.45) is 0. The van der Waals surface area contributed by atoms with Crippen LogP contribution in [0.25, 0.3) is 0 Å². The van der Waals surface area contributed by atoms with E-state index in [0.717, 1.165) is 24.2 Å². The fraction of sp³-hybridized carbons (Fsp3) is 0.188. The van der Waals surface area contributed by atoms with E-state index < -0.39 is 0 Å². The normalized spacial score (nSPS) is 11.8. The third-order valence-electron chi connectivity index (χ3n) is 3.08. The summed E-state index contributed by atoms with van der Waals surface area (Å²) in [6, 6.07) is 18.1. The Hall–Kier alpha value is -2.33. The van der Waals surface area contributed by atoms with Gasteiger partial charge < -0.3 is 10.9 Å². The highest BCUT2D eigenvalue weighted by atomic mass is 16.4. The first-order chi connectivity index (χ1) is 9.69. The molecular weight excluding hydrogens is 250 g/mol. The molecule has 0 aliphatic carbocycles. The fourth-order valence-electron chi connectivity index (χ4n) is 2.15. The summed E-state index contributed by atoms with van der Waals surface area (Å²) >= 11 is 0. The second-order valence-electron chi connectivity index (χ2n) is 4.84. The Morgan fingerprint density at radius 3 is 2.40 bits per heavy atom. The smallest absolute Gasteiger partial charge is 0.170 e. The highest BCUT2D eigenvalue weighted by Gasteiger charge is 2.04. The van der Waals surface area contributed by atoms with Crippen LogP contribution in [0, 0.1) is 0 Å². The lowest BCUT2D eigenvalue weighted by molar-refractivity contribution is 0.318. The number of nitrogens with zero attached hydrogens (tertiary/aromatic N) is 2. The minimum Gasteiger partial charge on any atom is -0.409 e. The quantitative estimate of drug-likeness (QED) is 0.379. The van der Waals surface area contributed by atoms with Crippen LogP contribution in [0.4, 0.5) is 0 Å². The molecule has 2 aromatic rings. The minimum absolute atomic E-state index is 0.137. The number of rotatable bonds is 5. The van der Waals surface area contributed by atoms with Gasteiger partial charge in [-0.25, -0.2) is 0 Å². The average molecular weight is 269 g/mol. The zero-order valence-electron chi connectivity index (χ0n) is 11.5. The van der Waals surface area contributed by atoms with Crippen LogP contribution in [-0.2, 0) is 13.1 Å². The predicted octanol–water partition coefficient (Wildman–Crippen LogP) is 2.41. The topological polar surface area (TPSA) is 61.8 Å². The highest BCUT2D eigenvalue weighted by Crippen LogP contribution is 2.10. The van der Waals surface area contributed by atoms with Gasteiger partial charge in [0.15, 0.2) is 5.84 Å². The first-order valence-electron chi connectivity index (χ1n) is 6.48. The van der Waals surface area contributed by atoms with Crippen molar-refractivity contribution in [2.45, 2.75) is 13.1 Å². The average Bonchev–Trinajstić information content (AvgIpc) is 2.47. The number of hydrogen-bond donors (Lipinski definition) is 2. The van der Waals surface area contributed by atoms with Crippen molar-refractivity contribution in [3.63, 3.8) is 0 Å². The molecule has 20 heavy (non-hydrogen) atoms. The second-order valence-corrected chi connectivity index (χ2v) is 4.84. The Labute approximate surface area is 119 Å². The van der Waals surface area contributed by atoms with Gasteiger partial charge in [0, 0.05) is 18.7 Å². The third kappa shape index (κ3) is 3.83. The largest absolute Gasteiger partial charge is 0.409 e. The predicted molar refractivity (Wildman–Crippen MR) is 80.6 cm³/mol. The summed E-state index contributed by atoms with van der Waals surface area (Å²) in [7, 11) is 2.07. The van der Waals surface area contributed by atoms with E-state index >= 15 is 0 Å². The van der Waals surface area contributed by atoms with E-state index in [1.807, 2.05) is 42.5 Å². The maximum atomic E-state index is 8.71. The molecule has 0 aliphatic rings. The van der Waals surface area contributed by atoms with Crippen LogP contribution in [0.2, 0.25) is 0 Å². The van der Waals surface area contributed by atoms with E-state index in [1.165, 1.54) is 5.56 Å². The minimum atomic E-state index is 0.137. The SMILES string of the molecule is CN(Cc1ccccc1)Cc1cccc(/C(N)=N/O)c1. The zero-order chi connectivity index (χ0) is 14.4. The van der Waals surface area contributed by atoms with Crippen LogP contribution >= 0.6 is 0 Å². The molecule has 0 heterocycles. The van der Waals surface area contributed by atoms with Crippen molar-refractivity contribution < 1.29 is 5.21 Å². The molecule has 4 heteroatoms. The van der Waals surface area contributed by atoms with E-state index in [-0.39, 0.29) is 5.84 Å². The number of amidine groups is 1. The highest BCUT2D eigenvalue weighted by molar-refractivity contribution is 5.97. The summed E-state index contributed by atoms with van der Waals surface area (Å²) in [4.78, 5) is 2.22. The summed E-state index contributed by atoms with van der Waals surface area (Å²) < 4.78 is 0. The van der Waals surface area contributed by atoms with E-state index in [2.05, 4.69) is 29.2 Å². The van der Waals surface area contributed by atoms with Crippen molar-refractivity contribution in [2.24, 2.45) is 10.9 Å². The van der Waals surface area contributed by atoms with E-state index in [9.17, 15) is 0 Å². The number of hydrogen-bond acceptors (Lipinski definition) is 3. The molecule has 104 valence electrons. The fourth-order valence-corrected chi connectivity index (χ4v) is 2.15. The molecule has 0 radical (unpaired) electrons. The summed E-state index contributed by atoms with van der Waals surface area (Å²) in [5, 5.41) is 11.7. The molecule has 0 atom stereocenters. The number of nitrogens with two attached hydrogens (primary N) is 1. The van der Waals surface area contributed by atoms with Gasteiger partial charge in [-0.3, -0.25) is 4.90 Å². The molecule has 0 unspecified atom stereocenters. The molecule has 0 saturated heterocycles. The van der Waals surface area contributed by atoms with Gasteiger partial charge in [0.05, 0.1) is 0 Å². The molecule has 0 aromatic heterocycles. The van der Waals surface area contributed by atoms with Crippen molar-refractivity contribution in [3.8, 4) is 0 Å². The first kappa shape index (κ1) is 14.1. The molecule has 0 fully saturated rings. The lowest BCUT2D eigenvalue weighted by atomic mass is 10.1. The second kappa shape index (κ2) is 6.73. The Morgan fingerprint density at radius 2 is 1.70 bits per heavy atom. The molecule has 2 rings (SSSR count). The van der Waals surface area contributed by atoms with Crippen LogP contribution in [0.15, 0.2) is 59.8 Å². The molecule has 3 N–H and O–H groups in total. The standard InChI is InChI=1S/C16H19N3O/c1-19(11-13-6-3-2-4-7-13)12-14-8-5-9-15(10-14)16(17)18-20/h2-10,20H,11-12H2,1H3,(H2,17,18). The Bertz CT molecular complexity index is 581. The van der Waals surface area contributed by atoms with Gasteiger partial charge in [0.2, 0.25) is 0 Å². The van der Waals surface area contributed by atoms with Gasteiger partial charge in [0.25, 0.3) is 0 Å². The molecule has 0 saturated carbocycles. The molecule has 0 aliphatic heterocycles. The Morgan fingerprint density at radius 1 is 1.05 bits per heavy atom. The lowest BCUT2D eigenvalue weighted by Crippen LogP contribution is -2.18. The first-order valence-corrected chi connectivity index (χ1v) is 6.48. The monoisotopic (exact) mass is 269 g/mol. The van der Waals surface area contributed by atoms with Gasteiger partial charge in [0.1, 0.15) is 0 Å². The summed E-state index contributed by atoms with van der Waals surface area (Å²) in [6.45, 7) is 1.69. The number of oxime groups is 1. The van der Waals surface area contributed by atoms with Crippen LogP contribution < -0.4 is 5.73 Å². The van der Waals surface area contributed by atoms with Gasteiger partial charge in [-0.05, 0) is 24.2 Å². The van der Waals surface area contributed by atoms with E-state index in [4.69, 9.17) is 10.9 Å². The van der Waals surface area contributed by atoms with Gasteiger partial charge >= 0.3 is 0 Å². The van der Waals surface area contributed by atoms with E-state index in [1.54, 1.807) is 0 Å². The van der Waals surface area contributed by atoms with Crippen LogP contribution in [-0.4, -0.2) is 23.0 Å². The molecule has 0 amide bonds. The molecule has 2 aromatic carbocycles. The lowest BCUT2D eigenvalue weighted by Gasteiger charge is -2.17. The molecular formula is C16H19N3O. The van der Waals surface area contributed by atoms with Crippen molar-refractivity contribution in [1.29, 1.82) is 0 Å². The van der Waals surface area contributed by atoms with Crippen LogP contribution in [0.1, 0.15) is 16.7 Å². The maximum Gasteiger partial charge on any atom is 0.170 e. The van der Waals surface area contributed by atoms with Crippen LogP contribution in [0.3, 0.4) is 0 Å². The maximum absolute atomic E-state index is 8.71. The zero-order valence-corrected chi connectivity index (χ0v) is 11.5. The van der Waals surface area contributed by atoms with Crippen molar-refractivity contribution in [1.82, 2.24) is 4.90 Å². The Balaban J connectivity index is 2.03. The van der Waals surface area contributed by atoms with Crippen molar-refractivity contribution in [2.75, 3.05) is 7.05 Å².